The third kappa shape index (κ3) is 7.57. The van der Waals surface area contributed by atoms with E-state index < -0.39 is 11.9 Å². The lowest BCUT2D eigenvalue weighted by atomic mass is 9.52. The maximum atomic E-state index is 14.0. The highest BCUT2D eigenvalue weighted by atomic mass is 16.4. The van der Waals surface area contributed by atoms with Gasteiger partial charge in [0.15, 0.2) is 5.78 Å². The minimum Gasteiger partial charge on any atom is -0.478 e. The summed E-state index contributed by atoms with van der Waals surface area (Å²) >= 11 is 0. The van der Waals surface area contributed by atoms with Gasteiger partial charge in [-0.2, -0.15) is 9.97 Å². The second kappa shape index (κ2) is 15.2. The van der Waals surface area contributed by atoms with E-state index in [0.717, 1.165) is 102 Å². The number of aliphatic carboxylic acids is 2. The smallest absolute Gasteiger partial charge is 0.328 e. The first-order valence-electron chi connectivity index (χ1n) is 19.6. The third-order valence-corrected chi connectivity index (χ3v) is 13.3. The molecule has 5 fully saturated rings. The van der Waals surface area contributed by atoms with E-state index in [1.807, 2.05) is 6.08 Å². The zero-order chi connectivity index (χ0) is 37.3. The molecule has 1 aromatic heterocycles. The number of fused-ring (bicyclic) bond motifs is 5. The number of hydrogen-bond donors (Lipinski definition) is 2. The van der Waals surface area contributed by atoms with Crippen molar-refractivity contribution in [2.75, 3.05) is 73.6 Å². The second-order valence-electron chi connectivity index (χ2n) is 16.4. The van der Waals surface area contributed by atoms with E-state index in [2.05, 4.69) is 51.7 Å². The fraction of sp³-hybridized carbons (Fsp3) is 0.610. The summed E-state index contributed by atoms with van der Waals surface area (Å²) < 4.78 is 0. The Morgan fingerprint density at radius 1 is 0.830 bits per heavy atom. The molecule has 0 amide bonds. The highest BCUT2D eigenvalue weighted by molar-refractivity contribution is 6.01. The number of carbonyl (C=O) groups excluding carboxylic acids is 2. The molecule has 3 unspecified atom stereocenters. The van der Waals surface area contributed by atoms with Gasteiger partial charge < -0.3 is 24.9 Å². The van der Waals surface area contributed by atoms with E-state index in [0.29, 0.717) is 36.3 Å². The van der Waals surface area contributed by atoms with E-state index >= 15 is 0 Å². The van der Waals surface area contributed by atoms with E-state index in [1.54, 1.807) is 6.08 Å². The molecule has 2 saturated carbocycles. The Kier molecular flexibility index (Phi) is 10.6. The van der Waals surface area contributed by atoms with Crippen LogP contribution >= 0.6 is 0 Å². The average Bonchev–Trinajstić information content (AvgIpc) is 3.94. The van der Waals surface area contributed by atoms with Crippen molar-refractivity contribution < 1.29 is 29.4 Å². The predicted molar refractivity (Wildman–Crippen MR) is 203 cm³/mol. The summed E-state index contributed by atoms with van der Waals surface area (Å²) in [6.07, 6.45) is 19.6. The molecule has 53 heavy (non-hydrogen) atoms. The maximum absolute atomic E-state index is 14.0. The number of piperazine rings is 1. The van der Waals surface area contributed by atoms with Crippen LogP contribution in [0.3, 0.4) is 0 Å². The molecule has 5 atom stereocenters. The lowest BCUT2D eigenvalue weighted by Gasteiger charge is -2.52. The molecule has 12 nitrogen and oxygen atoms in total. The molecule has 2 N–H and O–H groups in total. The minimum atomic E-state index is -1.26. The molecule has 4 aliphatic carbocycles. The van der Waals surface area contributed by atoms with Gasteiger partial charge in [0, 0.05) is 81.9 Å². The third-order valence-electron chi connectivity index (χ3n) is 13.3. The first-order chi connectivity index (χ1) is 25.4. The standard InChI is InChI=1S/C37H50N6O2.C4H4O4/c1-36-13-11-27(44)23-26(36)7-8-28-29-9-10-31(37(29,2)14-12-30(28)36)32(45)25-40-19-21-42(22-20-40)34-24-33(41-15-3-4-16-41)38-35(39-34)43-17-5-6-18-43;5-3(6)1-2-4(7)8/h11-13,23-24,28-29,31H,3-10,14-22,25H2,1-2H3;1-2H,(H,5,6)(H,7,8)/t28?,29?,31?,36-,37-;/m0./s1. The molecule has 3 saturated heterocycles. The molecular weight excluding hydrogens is 672 g/mol. The summed E-state index contributed by atoms with van der Waals surface area (Å²) in [5, 5.41) is 15.6. The average molecular weight is 727 g/mol. The van der Waals surface area contributed by atoms with Crippen molar-refractivity contribution >= 4 is 41.1 Å². The number of aromatic nitrogens is 2. The summed E-state index contributed by atoms with van der Waals surface area (Å²) in [5.74, 6) is 2.31. The Bertz CT molecular complexity index is 1680. The summed E-state index contributed by atoms with van der Waals surface area (Å²) in [4.78, 5) is 64.9. The van der Waals surface area contributed by atoms with Crippen LogP contribution in [0.15, 0.2) is 53.7 Å². The molecule has 0 radical (unpaired) electrons. The van der Waals surface area contributed by atoms with Crippen molar-refractivity contribution in [1.82, 2.24) is 14.9 Å². The summed E-state index contributed by atoms with van der Waals surface area (Å²) in [6.45, 7) is 13.1. The van der Waals surface area contributed by atoms with Crippen LogP contribution < -0.4 is 14.7 Å². The number of hydrogen-bond acceptors (Lipinski definition) is 10. The Morgan fingerprint density at radius 3 is 2.06 bits per heavy atom. The van der Waals surface area contributed by atoms with Gasteiger partial charge in [0.1, 0.15) is 17.4 Å². The van der Waals surface area contributed by atoms with Crippen molar-refractivity contribution in [3.8, 4) is 0 Å². The largest absolute Gasteiger partial charge is 0.478 e. The van der Waals surface area contributed by atoms with E-state index in [-0.39, 0.29) is 22.5 Å². The van der Waals surface area contributed by atoms with Crippen LogP contribution in [0.5, 0.6) is 0 Å². The highest BCUT2D eigenvalue weighted by Crippen LogP contribution is 2.64. The van der Waals surface area contributed by atoms with Crippen LogP contribution in [-0.4, -0.2) is 107 Å². The molecule has 284 valence electrons. The van der Waals surface area contributed by atoms with E-state index in [4.69, 9.17) is 20.2 Å². The number of carboxylic acids is 2. The van der Waals surface area contributed by atoms with Crippen molar-refractivity contribution in [3.63, 3.8) is 0 Å². The molecule has 0 aromatic carbocycles. The zero-order valence-corrected chi connectivity index (χ0v) is 31.2. The Morgan fingerprint density at radius 2 is 1.43 bits per heavy atom. The van der Waals surface area contributed by atoms with Gasteiger partial charge in [0.2, 0.25) is 5.95 Å². The Hall–Kier alpha value is -4.32. The Labute approximate surface area is 312 Å². The molecule has 12 heteroatoms. The number of allylic oxidation sites excluding steroid dienone is 6. The van der Waals surface area contributed by atoms with E-state index in [1.165, 1.54) is 36.8 Å². The molecule has 8 rings (SSSR count). The van der Waals surface area contributed by atoms with Crippen LogP contribution in [-0.2, 0) is 19.2 Å². The molecule has 0 spiro atoms. The zero-order valence-electron chi connectivity index (χ0n) is 31.2. The molecule has 0 bridgehead atoms. The lowest BCUT2D eigenvalue weighted by Crippen LogP contribution is -2.50. The van der Waals surface area contributed by atoms with Crippen molar-refractivity contribution in [2.45, 2.75) is 71.6 Å². The quantitative estimate of drug-likeness (QED) is 0.277. The number of Topliss-reactive ketones (excluding diaryl/α,β-unsaturated/α-hetero) is 1. The molecule has 4 heterocycles. The van der Waals surface area contributed by atoms with Gasteiger partial charge in [0.25, 0.3) is 0 Å². The molecule has 7 aliphatic rings. The van der Waals surface area contributed by atoms with Crippen LogP contribution in [0, 0.1) is 28.6 Å². The van der Waals surface area contributed by atoms with Gasteiger partial charge in [-0.25, -0.2) is 9.59 Å². The van der Waals surface area contributed by atoms with Crippen LogP contribution in [0.25, 0.3) is 0 Å². The number of carbonyl (C=O) groups is 4. The number of carboxylic acid groups (broad SMARTS) is 2. The van der Waals surface area contributed by atoms with Crippen molar-refractivity contribution in [2.24, 2.45) is 28.6 Å². The first kappa shape index (κ1) is 37.0. The fourth-order valence-electron chi connectivity index (χ4n) is 10.4. The molecular formula is C41H54N6O6. The highest BCUT2D eigenvalue weighted by Gasteiger charge is 2.57. The number of ketones is 2. The van der Waals surface area contributed by atoms with Gasteiger partial charge >= 0.3 is 11.9 Å². The van der Waals surface area contributed by atoms with Crippen LogP contribution in [0.4, 0.5) is 17.6 Å². The van der Waals surface area contributed by atoms with Gasteiger partial charge in [-0.15, -0.1) is 0 Å². The molecule has 1 aromatic rings. The minimum absolute atomic E-state index is 0.0394. The number of rotatable bonds is 8. The summed E-state index contributed by atoms with van der Waals surface area (Å²) in [7, 11) is 0. The van der Waals surface area contributed by atoms with Gasteiger partial charge in [-0.3, -0.25) is 14.5 Å². The topological polar surface area (TPSA) is 147 Å². The maximum Gasteiger partial charge on any atom is 0.328 e. The molecule has 3 aliphatic heterocycles. The van der Waals surface area contributed by atoms with Crippen LogP contribution in [0.2, 0.25) is 0 Å². The van der Waals surface area contributed by atoms with Crippen LogP contribution in [0.1, 0.15) is 71.6 Å². The monoisotopic (exact) mass is 726 g/mol. The van der Waals surface area contributed by atoms with Gasteiger partial charge in [0.05, 0.1) is 6.54 Å². The normalized spacial score (nSPS) is 31.0. The second-order valence-corrected chi connectivity index (χ2v) is 16.4. The number of anilines is 3. The SMILES string of the molecule is C[C@]12C=CC(=O)C=C1CCC1C2=CC[C@]2(C)C(C(=O)CN3CCN(c4cc(N5CCCC5)nc(N5CCCC5)n4)CC3)CCC12.O=C(O)C=CC(=O)O. The Balaban J connectivity index is 0.000000491. The fourth-order valence-corrected chi connectivity index (χ4v) is 10.4. The van der Waals surface area contributed by atoms with Gasteiger partial charge in [-0.1, -0.05) is 30.2 Å². The number of nitrogens with zero attached hydrogens (tertiary/aromatic N) is 6. The van der Waals surface area contributed by atoms with E-state index in [9.17, 15) is 19.2 Å². The predicted octanol–water partition coefficient (Wildman–Crippen LogP) is 4.92. The van der Waals surface area contributed by atoms with Crippen molar-refractivity contribution in [1.29, 1.82) is 0 Å². The lowest BCUT2D eigenvalue weighted by molar-refractivity contribution is -0.134. The van der Waals surface area contributed by atoms with Gasteiger partial charge in [-0.05, 0) is 94.1 Å². The summed E-state index contributed by atoms with van der Waals surface area (Å²) in [5.41, 5.74) is 2.72. The first-order valence-corrected chi connectivity index (χ1v) is 19.6. The summed E-state index contributed by atoms with van der Waals surface area (Å²) in [6, 6.07) is 2.21. The van der Waals surface area contributed by atoms with Crippen molar-refractivity contribution in [3.05, 3.63) is 53.7 Å².